The Bertz CT molecular complexity index is 148. The van der Waals surface area contributed by atoms with Crippen molar-refractivity contribution in [1.82, 2.24) is 10.6 Å². The van der Waals surface area contributed by atoms with Gasteiger partial charge < -0.3 is 15.7 Å². The number of rotatable bonds is 6. The van der Waals surface area contributed by atoms with Crippen molar-refractivity contribution in [2.45, 2.75) is 13.0 Å². The minimum absolute atomic E-state index is 0.0345. The van der Waals surface area contributed by atoms with Crippen LogP contribution in [0.25, 0.3) is 0 Å². The van der Waals surface area contributed by atoms with Gasteiger partial charge in [-0.15, -0.1) is 6.58 Å². The minimum atomic E-state index is -0.178. The third kappa shape index (κ3) is 5.88. The van der Waals surface area contributed by atoms with Gasteiger partial charge in [0.25, 0.3) is 0 Å². The van der Waals surface area contributed by atoms with Crippen molar-refractivity contribution in [2.75, 3.05) is 19.7 Å². The molecule has 3 N–H and O–H groups in total. The minimum Gasteiger partial charge on any atom is -0.394 e. The third-order valence-electron chi connectivity index (χ3n) is 1.26. The molecule has 12 heavy (non-hydrogen) atoms. The van der Waals surface area contributed by atoms with Gasteiger partial charge in [-0.25, -0.2) is 0 Å². The fraction of sp³-hybridized carbons (Fsp3) is 0.625. The molecule has 0 aromatic carbocycles. The summed E-state index contributed by atoms with van der Waals surface area (Å²) in [6.07, 6.45) is 1.68. The molecule has 70 valence electrons. The SMILES string of the molecule is C=CCNCC(=O)N[C@@H](C)CO. The van der Waals surface area contributed by atoms with Gasteiger partial charge in [-0.1, -0.05) is 6.08 Å². The van der Waals surface area contributed by atoms with E-state index in [2.05, 4.69) is 17.2 Å². The molecule has 0 unspecified atom stereocenters. The average Bonchev–Trinajstić information content (AvgIpc) is 2.05. The summed E-state index contributed by atoms with van der Waals surface area (Å²) in [5.41, 5.74) is 0. The first-order valence-corrected chi connectivity index (χ1v) is 3.92. The van der Waals surface area contributed by atoms with Crippen LogP contribution in [0.3, 0.4) is 0 Å². The first-order valence-electron chi connectivity index (χ1n) is 3.92. The number of hydrogen-bond donors (Lipinski definition) is 3. The van der Waals surface area contributed by atoms with Gasteiger partial charge in [0.15, 0.2) is 0 Å². The second-order valence-electron chi connectivity index (χ2n) is 2.57. The average molecular weight is 172 g/mol. The largest absolute Gasteiger partial charge is 0.394 e. The molecular formula is C8H16N2O2. The molecular weight excluding hydrogens is 156 g/mol. The highest BCUT2D eigenvalue weighted by Gasteiger charge is 2.03. The fourth-order valence-corrected chi connectivity index (χ4v) is 0.659. The molecule has 0 heterocycles. The Morgan fingerprint density at radius 2 is 2.42 bits per heavy atom. The Balaban J connectivity index is 3.39. The number of nitrogens with one attached hydrogen (secondary N) is 2. The van der Waals surface area contributed by atoms with Crippen LogP contribution >= 0.6 is 0 Å². The van der Waals surface area contributed by atoms with Crippen LogP contribution in [-0.2, 0) is 4.79 Å². The second-order valence-corrected chi connectivity index (χ2v) is 2.57. The molecule has 0 aliphatic heterocycles. The van der Waals surface area contributed by atoms with Crippen molar-refractivity contribution in [3.05, 3.63) is 12.7 Å². The molecule has 4 heteroatoms. The van der Waals surface area contributed by atoms with Gasteiger partial charge >= 0.3 is 0 Å². The Morgan fingerprint density at radius 3 is 2.92 bits per heavy atom. The van der Waals surface area contributed by atoms with Gasteiger partial charge in [-0.05, 0) is 6.92 Å². The molecule has 0 saturated carbocycles. The normalized spacial score (nSPS) is 12.2. The van der Waals surface area contributed by atoms with Crippen LogP contribution in [0, 0.1) is 0 Å². The molecule has 0 saturated heterocycles. The maximum atomic E-state index is 11.0. The van der Waals surface area contributed by atoms with E-state index in [1.165, 1.54) is 0 Å². The first-order chi connectivity index (χ1) is 5.70. The number of carbonyl (C=O) groups excluding carboxylic acids is 1. The highest BCUT2D eigenvalue weighted by atomic mass is 16.3. The van der Waals surface area contributed by atoms with Crippen LogP contribution in [0.2, 0.25) is 0 Å². The predicted octanol–water partition coefficient (Wildman–Crippen LogP) is -0.741. The zero-order valence-electron chi connectivity index (χ0n) is 7.34. The Kier molecular flexibility index (Phi) is 6.32. The molecule has 4 nitrogen and oxygen atoms in total. The fourth-order valence-electron chi connectivity index (χ4n) is 0.659. The molecule has 0 aliphatic carbocycles. The van der Waals surface area contributed by atoms with E-state index in [0.717, 1.165) is 0 Å². The molecule has 0 aromatic heterocycles. The Labute approximate surface area is 72.7 Å². The summed E-state index contributed by atoms with van der Waals surface area (Å²) in [5, 5.41) is 14.1. The summed E-state index contributed by atoms with van der Waals surface area (Å²) >= 11 is 0. The lowest BCUT2D eigenvalue weighted by atomic mass is 10.3. The smallest absolute Gasteiger partial charge is 0.234 e. The topological polar surface area (TPSA) is 61.4 Å². The van der Waals surface area contributed by atoms with E-state index in [0.29, 0.717) is 6.54 Å². The summed E-state index contributed by atoms with van der Waals surface area (Å²) in [5.74, 6) is -0.113. The van der Waals surface area contributed by atoms with E-state index in [1.807, 2.05) is 0 Å². The Morgan fingerprint density at radius 1 is 1.75 bits per heavy atom. The van der Waals surface area contributed by atoms with E-state index in [1.54, 1.807) is 13.0 Å². The molecule has 0 fully saturated rings. The lowest BCUT2D eigenvalue weighted by molar-refractivity contribution is -0.121. The van der Waals surface area contributed by atoms with E-state index in [9.17, 15) is 4.79 Å². The van der Waals surface area contributed by atoms with Crippen molar-refractivity contribution < 1.29 is 9.90 Å². The molecule has 0 radical (unpaired) electrons. The van der Waals surface area contributed by atoms with Crippen molar-refractivity contribution >= 4 is 5.91 Å². The summed E-state index contributed by atoms with van der Waals surface area (Å²) in [4.78, 5) is 11.0. The molecule has 1 amide bonds. The van der Waals surface area contributed by atoms with Crippen LogP contribution in [0.15, 0.2) is 12.7 Å². The van der Waals surface area contributed by atoms with Crippen molar-refractivity contribution in [2.24, 2.45) is 0 Å². The lowest BCUT2D eigenvalue weighted by Gasteiger charge is -2.10. The monoisotopic (exact) mass is 172 g/mol. The molecule has 0 aliphatic rings. The van der Waals surface area contributed by atoms with Gasteiger partial charge in [-0.3, -0.25) is 4.79 Å². The van der Waals surface area contributed by atoms with Gasteiger partial charge in [0, 0.05) is 12.6 Å². The molecule has 1 atom stereocenters. The summed E-state index contributed by atoms with van der Waals surface area (Å²) in [7, 11) is 0. The highest BCUT2D eigenvalue weighted by Crippen LogP contribution is 1.76. The summed E-state index contributed by atoms with van der Waals surface area (Å²) in [6, 6.07) is -0.178. The quantitative estimate of drug-likeness (QED) is 0.365. The zero-order valence-corrected chi connectivity index (χ0v) is 7.34. The standard InChI is InChI=1S/C8H16N2O2/c1-3-4-9-5-8(12)10-7(2)6-11/h3,7,9,11H,1,4-6H2,2H3,(H,10,12)/t7-/m0/s1. The maximum absolute atomic E-state index is 11.0. The molecule has 0 bridgehead atoms. The molecule has 0 spiro atoms. The second kappa shape index (κ2) is 6.82. The van der Waals surface area contributed by atoms with E-state index in [4.69, 9.17) is 5.11 Å². The number of aliphatic hydroxyl groups excluding tert-OH is 1. The van der Waals surface area contributed by atoms with Crippen molar-refractivity contribution in [3.63, 3.8) is 0 Å². The predicted molar refractivity (Wildman–Crippen MR) is 47.8 cm³/mol. The molecule has 0 aromatic rings. The van der Waals surface area contributed by atoms with Crippen LogP contribution in [0.5, 0.6) is 0 Å². The van der Waals surface area contributed by atoms with Crippen LogP contribution in [0.1, 0.15) is 6.92 Å². The highest BCUT2D eigenvalue weighted by molar-refractivity contribution is 5.78. The van der Waals surface area contributed by atoms with E-state index < -0.39 is 0 Å². The van der Waals surface area contributed by atoms with Gasteiger partial charge in [-0.2, -0.15) is 0 Å². The number of amides is 1. The summed E-state index contributed by atoms with van der Waals surface area (Å²) in [6.45, 7) is 6.08. The maximum Gasteiger partial charge on any atom is 0.234 e. The van der Waals surface area contributed by atoms with Gasteiger partial charge in [0.2, 0.25) is 5.91 Å². The van der Waals surface area contributed by atoms with Crippen LogP contribution in [0.4, 0.5) is 0 Å². The number of hydrogen-bond acceptors (Lipinski definition) is 3. The van der Waals surface area contributed by atoms with Crippen LogP contribution in [-0.4, -0.2) is 36.8 Å². The molecule has 0 rings (SSSR count). The van der Waals surface area contributed by atoms with Crippen molar-refractivity contribution in [1.29, 1.82) is 0 Å². The summed E-state index contributed by atoms with van der Waals surface area (Å²) < 4.78 is 0. The van der Waals surface area contributed by atoms with Crippen LogP contribution < -0.4 is 10.6 Å². The third-order valence-corrected chi connectivity index (χ3v) is 1.26. The van der Waals surface area contributed by atoms with E-state index >= 15 is 0 Å². The van der Waals surface area contributed by atoms with E-state index in [-0.39, 0.29) is 25.1 Å². The zero-order chi connectivity index (χ0) is 9.40. The van der Waals surface area contributed by atoms with Crippen molar-refractivity contribution in [3.8, 4) is 0 Å². The lowest BCUT2D eigenvalue weighted by Crippen LogP contribution is -2.40. The van der Waals surface area contributed by atoms with Gasteiger partial charge in [0.05, 0.1) is 13.2 Å². The number of aliphatic hydroxyl groups is 1. The number of carbonyl (C=O) groups is 1. The Hall–Kier alpha value is -0.870. The first kappa shape index (κ1) is 11.1. The van der Waals surface area contributed by atoms with Gasteiger partial charge in [0.1, 0.15) is 0 Å².